The quantitative estimate of drug-likeness (QED) is 0.681. The maximum Gasteiger partial charge on any atom is 0.272 e. The molecule has 0 spiro atoms. The van der Waals surface area contributed by atoms with E-state index in [1.165, 1.54) is 6.07 Å². The summed E-state index contributed by atoms with van der Waals surface area (Å²) in [4.78, 5) is 10.6. The Kier molecular flexibility index (Phi) is 4.60. The van der Waals surface area contributed by atoms with Gasteiger partial charge < -0.3 is 5.73 Å². The monoisotopic (exact) mass is 310 g/mol. The Labute approximate surface area is 126 Å². The molecule has 0 fully saturated rings. The van der Waals surface area contributed by atoms with Crippen molar-refractivity contribution in [2.75, 3.05) is 0 Å². The third-order valence-corrected chi connectivity index (χ3v) is 3.84. The molecule has 2 aromatic carbocycles. The van der Waals surface area contributed by atoms with E-state index in [2.05, 4.69) is 0 Å². The first-order valence-corrected chi connectivity index (χ1v) is 6.68. The molecular weight excluding hydrogens is 299 g/mol. The predicted octanol–water partition coefficient (Wildman–Crippen LogP) is 4.14. The van der Waals surface area contributed by atoms with Gasteiger partial charge in [-0.1, -0.05) is 53.5 Å². The number of benzene rings is 2. The minimum atomic E-state index is -0.456. The van der Waals surface area contributed by atoms with Gasteiger partial charge in [-0.05, 0) is 18.1 Å². The lowest BCUT2D eigenvalue weighted by Crippen LogP contribution is -2.14. The van der Waals surface area contributed by atoms with Crippen molar-refractivity contribution in [1.82, 2.24) is 0 Å². The summed E-state index contributed by atoms with van der Waals surface area (Å²) >= 11 is 12.1. The maximum absolute atomic E-state index is 11.0. The molecule has 0 aliphatic rings. The number of halogens is 2. The molecule has 0 aromatic heterocycles. The van der Waals surface area contributed by atoms with Crippen LogP contribution < -0.4 is 5.73 Å². The zero-order chi connectivity index (χ0) is 14.7. The molecule has 104 valence electrons. The minimum absolute atomic E-state index is 0.0566. The van der Waals surface area contributed by atoms with Gasteiger partial charge >= 0.3 is 0 Å². The summed E-state index contributed by atoms with van der Waals surface area (Å²) in [7, 11) is 0. The van der Waals surface area contributed by atoms with Crippen LogP contribution in [0.1, 0.15) is 17.2 Å². The highest BCUT2D eigenvalue weighted by atomic mass is 35.5. The van der Waals surface area contributed by atoms with Crippen molar-refractivity contribution in [3.63, 3.8) is 0 Å². The zero-order valence-corrected chi connectivity index (χ0v) is 11.9. The van der Waals surface area contributed by atoms with Gasteiger partial charge in [0.05, 0.1) is 15.0 Å². The molecule has 0 saturated heterocycles. The number of nitrogens with two attached hydrogens (primary N) is 1. The summed E-state index contributed by atoms with van der Waals surface area (Å²) in [6.45, 7) is 0. The average Bonchev–Trinajstić information content (AvgIpc) is 2.42. The van der Waals surface area contributed by atoms with Crippen molar-refractivity contribution in [2.45, 2.75) is 12.5 Å². The smallest absolute Gasteiger partial charge is 0.272 e. The van der Waals surface area contributed by atoms with E-state index in [0.717, 1.165) is 0 Å². The molecule has 0 aliphatic heterocycles. The summed E-state index contributed by atoms with van der Waals surface area (Å²) in [5.41, 5.74) is 7.41. The van der Waals surface area contributed by atoms with Gasteiger partial charge in [0.2, 0.25) is 0 Å². The third-order valence-electron chi connectivity index (χ3n) is 3.01. The van der Waals surface area contributed by atoms with Crippen molar-refractivity contribution < 1.29 is 4.92 Å². The van der Waals surface area contributed by atoms with Gasteiger partial charge in [-0.3, -0.25) is 10.1 Å². The summed E-state index contributed by atoms with van der Waals surface area (Å²) in [5, 5.41) is 11.8. The van der Waals surface area contributed by atoms with E-state index in [9.17, 15) is 10.1 Å². The SMILES string of the molecule is NC(Cc1ccccc1[N+](=O)[O-])c1cccc(Cl)c1Cl. The predicted molar refractivity (Wildman–Crippen MR) is 80.2 cm³/mol. The van der Waals surface area contributed by atoms with E-state index >= 15 is 0 Å². The fourth-order valence-corrected chi connectivity index (χ4v) is 2.46. The van der Waals surface area contributed by atoms with Gasteiger partial charge in [0.25, 0.3) is 5.69 Å². The molecule has 1 unspecified atom stereocenters. The van der Waals surface area contributed by atoms with Gasteiger partial charge in [-0.25, -0.2) is 0 Å². The third kappa shape index (κ3) is 3.10. The Bertz CT molecular complexity index is 647. The molecule has 4 nitrogen and oxygen atoms in total. The number of nitro groups is 1. The number of rotatable bonds is 4. The average molecular weight is 311 g/mol. The van der Waals surface area contributed by atoms with Crippen LogP contribution in [0, 0.1) is 10.1 Å². The molecule has 0 saturated carbocycles. The molecule has 0 bridgehead atoms. The van der Waals surface area contributed by atoms with Crippen molar-refractivity contribution >= 4 is 28.9 Å². The molecule has 0 heterocycles. The first kappa shape index (κ1) is 14.8. The van der Waals surface area contributed by atoms with E-state index in [0.29, 0.717) is 27.6 Å². The van der Waals surface area contributed by atoms with E-state index in [1.807, 2.05) is 0 Å². The first-order valence-electron chi connectivity index (χ1n) is 5.92. The fraction of sp³-hybridized carbons (Fsp3) is 0.143. The molecule has 20 heavy (non-hydrogen) atoms. The van der Waals surface area contributed by atoms with Crippen molar-refractivity contribution in [3.8, 4) is 0 Å². The topological polar surface area (TPSA) is 69.2 Å². The molecule has 2 rings (SSSR count). The van der Waals surface area contributed by atoms with E-state index in [4.69, 9.17) is 28.9 Å². The molecule has 2 aromatic rings. The van der Waals surface area contributed by atoms with Crippen LogP contribution in [0.3, 0.4) is 0 Å². The molecule has 0 aliphatic carbocycles. The van der Waals surface area contributed by atoms with Gasteiger partial charge in [-0.2, -0.15) is 0 Å². The van der Waals surface area contributed by atoms with Gasteiger partial charge in [0, 0.05) is 17.7 Å². The first-order chi connectivity index (χ1) is 9.50. The van der Waals surface area contributed by atoms with Crippen molar-refractivity contribution in [3.05, 3.63) is 73.8 Å². The Morgan fingerprint density at radius 3 is 2.55 bits per heavy atom. The minimum Gasteiger partial charge on any atom is -0.324 e. The summed E-state index contributed by atoms with van der Waals surface area (Å²) < 4.78 is 0. The molecule has 0 amide bonds. The lowest BCUT2D eigenvalue weighted by molar-refractivity contribution is -0.385. The highest BCUT2D eigenvalue weighted by Gasteiger charge is 2.18. The Hall–Kier alpha value is -1.62. The lowest BCUT2D eigenvalue weighted by atomic mass is 9.98. The summed E-state index contributed by atoms with van der Waals surface area (Å²) in [6, 6.07) is 11.3. The molecule has 1 atom stereocenters. The Morgan fingerprint density at radius 2 is 1.85 bits per heavy atom. The van der Waals surface area contributed by atoms with Crippen LogP contribution in [-0.2, 0) is 6.42 Å². The van der Waals surface area contributed by atoms with Crippen LogP contribution in [0.25, 0.3) is 0 Å². The van der Waals surface area contributed by atoms with E-state index in [1.54, 1.807) is 36.4 Å². The van der Waals surface area contributed by atoms with Crippen LogP contribution in [-0.4, -0.2) is 4.92 Å². The van der Waals surface area contributed by atoms with Crippen LogP contribution in [0.15, 0.2) is 42.5 Å². The highest BCUT2D eigenvalue weighted by molar-refractivity contribution is 6.42. The van der Waals surface area contributed by atoms with Gasteiger partial charge in [0.15, 0.2) is 0 Å². The number of para-hydroxylation sites is 1. The van der Waals surface area contributed by atoms with Crippen molar-refractivity contribution in [1.29, 1.82) is 0 Å². The Morgan fingerprint density at radius 1 is 1.15 bits per heavy atom. The fourth-order valence-electron chi connectivity index (χ4n) is 2.02. The summed E-state index contributed by atoms with van der Waals surface area (Å²) in [6.07, 6.45) is 0.317. The van der Waals surface area contributed by atoms with Crippen LogP contribution >= 0.6 is 23.2 Å². The standard InChI is InChI=1S/C14H12Cl2N2O2/c15-11-6-3-5-10(14(11)16)12(17)8-9-4-1-2-7-13(9)18(19)20/h1-7,12H,8,17H2. The molecule has 6 heteroatoms. The van der Waals surface area contributed by atoms with Crippen LogP contribution in [0.4, 0.5) is 5.69 Å². The normalized spacial score (nSPS) is 12.2. The summed E-state index contributed by atoms with van der Waals surface area (Å²) in [5.74, 6) is 0. The number of nitro benzene ring substituents is 1. The zero-order valence-electron chi connectivity index (χ0n) is 10.4. The molecule has 2 N–H and O–H groups in total. The second kappa shape index (κ2) is 6.22. The largest absolute Gasteiger partial charge is 0.324 e. The molecular formula is C14H12Cl2N2O2. The van der Waals surface area contributed by atoms with E-state index in [-0.39, 0.29) is 5.69 Å². The van der Waals surface area contributed by atoms with E-state index < -0.39 is 11.0 Å². The highest BCUT2D eigenvalue weighted by Crippen LogP contribution is 2.31. The molecule has 0 radical (unpaired) electrons. The van der Waals surface area contributed by atoms with Crippen LogP contribution in [0.2, 0.25) is 10.0 Å². The van der Waals surface area contributed by atoms with Crippen molar-refractivity contribution in [2.24, 2.45) is 5.73 Å². The Balaban J connectivity index is 2.30. The van der Waals surface area contributed by atoms with Gasteiger partial charge in [0.1, 0.15) is 0 Å². The second-order valence-electron chi connectivity index (χ2n) is 4.34. The van der Waals surface area contributed by atoms with Crippen LogP contribution in [0.5, 0.6) is 0 Å². The number of nitrogens with zero attached hydrogens (tertiary/aromatic N) is 1. The second-order valence-corrected chi connectivity index (χ2v) is 5.12. The number of hydrogen-bond donors (Lipinski definition) is 1. The lowest BCUT2D eigenvalue weighted by Gasteiger charge is -2.14. The number of hydrogen-bond acceptors (Lipinski definition) is 3. The maximum atomic E-state index is 11.0. The van der Waals surface area contributed by atoms with Gasteiger partial charge in [-0.15, -0.1) is 0 Å².